The van der Waals surface area contributed by atoms with Crippen molar-refractivity contribution < 1.29 is 4.74 Å². The molecule has 1 N–H and O–H groups in total. The van der Waals surface area contributed by atoms with Crippen molar-refractivity contribution in [3.63, 3.8) is 0 Å². The highest BCUT2D eigenvalue weighted by Gasteiger charge is 2.26. The monoisotopic (exact) mass is 591 g/mol. The average Bonchev–Trinajstić information content (AvgIpc) is 3.68. The van der Waals surface area contributed by atoms with Gasteiger partial charge in [0.15, 0.2) is 0 Å². The summed E-state index contributed by atoms with van der Waals surface area (Å²) in [5.41, 5.74) is 3.72. The summed E-state index contributed by atoms with van der Waals surface area (Å²) in [6.07, 6.45) is 6.91. The van der Waals surface area contributed by atoms with E-state index in [9.17, 15) is 5.26 Å². The van der Waals surface area contributed by atoms with Crippen LogP contribution in [0.2, 0.25) is 10.0 Å². The lowest BCUT2D eigenvalue weighted by atomic mass is 10.0. The summed E-state index contributed by atoms with van der Waals surface area (Å²) in [5, 5.41) is 14.7. The fourth-order valence-electron chi connectivity index (χ4n) is 5.88. The van der Waals surface area contributed by atoms with Crippen LogP contribution in [0.3, 0.4) is 0 Å². The van der Waals surface area contributed by atoms with Crippen LogP contribution in [-0.4, -0.2) is 54.1 Å². The molecule has 0 unspecified atom stereocenters. The van der Waals surface area contributed by atoms with E-state index in [-0.39, 0.29) is 0 Å². The zero-order chi connectivity index (χ0) is 27.6. The number of halogens is 2. The topological polar surface area (TPSA) is 64.4 Å². The lowest BCUT2D eigenvalue weighted by Gasteiger charge is -2.36. The lowest BCUT2D eigenvalue weighted by molar-refractivity contribution is 0.123. The Bertz CT molecular complexity index is 1570. The lowest BCUT2D eigenvalue weighted by Crippen LogP contribution is -2.43. The first-order valence-corrected chi connectivity index (χ1v) is 15.3. The molecule has 6 nitrogen and oxygen atoms in total. The molecule has 0 atom stereocenters. The van der Waals surface area contributed by atoms with Crippen LogP contribution in [0.15, 0.2) is 48.7 Å². The van der Waals surface area contributed by atoms with E-state index in [1.165, 1.54) is 61.6 Å². The minimum atomic E-state index is 0.348. The third kappa shape index (κ3) is 5.65. The number of aromatic nitrogens is 1. The van der Waals surface area contributed by atoms with E-state index in [2.05, 4.69) is 50.4 Å². The van der Waals surface area contributed by atoms with Crippen molar-refractivity contribution in [1.82, 2.24) is 14.8 Å². The molecule has 0 spiro atoms. The summed E-state index contributed by atoms with van der Waals surface area (Å²) >= 11 is 14.4. The molecular formula is C31H31Cl2N5OS. The van der Waals surface area contributed by atoms with Crippen LogP contribution in [0.5, 0.6) is 5.75 Å². The summed E-state index contributed by atoms with van der Waals surface area (Å²) in [4.78, 5) is 12.5. The van der Waals surface area contributed by atoms with Gasteiger partial charge in [0, 0.05) is 58.8 Å². The van der Waals surface area contributed by atoms with Gasteiger partial charge in [-0.1, -0.05) is 35.3 Å². The molecule has 9 heteroatoms. The van der Waals surface area contributed by atoms with Gasteiger partial charge in [0.05, 0.1) is 28.9 Å². The number of thiophene rings is 1. The van der Waals surface area contributed by atoms with E-state index in [4.69, 9.17) is 27.9 Å². The van der Waals surface area contributed by atoms with E-state index in [0.29, 0.717) is 32.7 Å². The fourth-order valence-corrected chi connectivity index (χ4v) is 7.33. The van der Waals surface area contributed by atoms with Gasteiger partial charge in [0.25, 0.3) is 0 Å². The number of ether oxygens (including phenoxy) is 1. The standard InChI is InChI=1S/C31H31Cl2N5OS/c1-39-28-16-22(15-26(32)30(28)33)36-31-21(17-34)18-35-27-14-20(4-6-25(27)31)29-7-5-24(40-29)19-37-12-8-23(9-13-37)38-10-2-3-11-38/h4-7,14-16,18,23H,2-3,8-13,19H2,1H3,(H,35,36). The highest BCUT2D eigenvalue weighted by Crippen LogP contribution is 2.39. The Morgan fingerprint density at radius 3 is 2.62 bits per heavy atom. The molecule has 6 rings (SSSR count). The van der Waals surface area contributed by atoms with Crippen molar-refractivity contribution >= 4 is 56.8 Å². The predicted molar refractivity (Wildman–Crippen MR) is 165 cm³/mol. The molecule has 206 valence electrons. The number of hydrogen-bond donors (Lipinski definition) is 1. The van der Waals surface area contributed by atoms with Crippen molar-refractivity contribution in [2.45, 2.75) is 38.3 Å². The second-order valence-corrected chi connectivity index (χ2v) is 12.5. The number of nitriles is 1. The number of benzene rings is 2. The molecule has 0 saturated carbocycles. The van der Waals surface area contributed by atoms with Crippen LogP contribution < -0.4 is 10.1 Å². The van der Waals surface area contributed by atoms with Gasteiger partial charge in [0.2, 0.25) is 0 Å². The number of fused-ring (bicyclic) bond motifs is 1. The largest absolute Gasteiger partial charge is 0.495 e. The minimum Gasteiger partial charge on any atom is -0.495 e. The van der Waals surface area contributed by atoms with Gasteiger partial charge in [0.1, 0.15) is 16.8 Å². The Kier molecular flexibility index (Phi) is 8.15. The highest BCUT2D eigenvalue weighted by atomic mass is 35.5. The summed E-state index contributed by atoms with van der Waals surface area (Å²) < 4.78 is 5.35. The molecule has 2 aromatic carbocycles. The first kappa shape index (κ1) is 27.3. The predicted octanol–water partition coefficient (Wildman–Crippen LogP) is 7.95. The molecule has 0 aliphatic carbocycles. The SMILES string of the molecule is COc1cc(Nc2c(C#N)cnc3cc(-c4ccc(CN5CCC(N6CCCC6)CC5)s4)ccc23)cc(Cl)c1Cl. The van der Waals surface area contributed by atoms with Gasteiger partial charge in [-0.2, -0.15) is 5.26 Å². The Labute approximate surface area is 249 Å². The number of nitrogens with one attached hydrogen (secondary N) is 1. The molecular weight excluding hydrogens is 561 g/mol. The first-order valence-electron chi connectivity index (χ1n) is 13.7. The maximum atomic E-state index is 9.79. The van der Waals surface area contributed by atoms with Crippen LogP contribution in [-0.2, 0) is 6.54 Å². The van der Waals surface area contributed by atoms with Gasteiger partial charge in [-0.15, -0.1) is 11.3 Å². The highest BCUT2D eigenvalue weighted by molar-refractivity contribution is 7.15. The van der Waals surface area contributed by atoms with E-state index in [1.54, 1.807) is 25.4 Å². The van der Waals surface area contributed by atoms with Crippen LogP contribution in [0.1, 0.15) is 36.1 Å². The molecule has 2 aliphatic heterocycles. The van der Waals surface area contributed by atoms with Gasteiger partial charge < -0.3 is 15.0 Å². The number of piperidine rings is 1. The average molecular weight is 593 g/mol. The minimum absolute atomic E-state index is 0.348. The summed E-state index contributed by atoms with van der Waals surface area (Å²) in [5.74, 6) is 0.459. The zero-order valence-electron chi connectivity index (χ0n) is 22.4. The number of anilines is 2. The van der Waals surface area contributed by atoms with Gasteiger partial charge >= 0.3 is 0 Å². The van der Waals surface area contributed by atoms with Crippen LogP contribution in [0.4, 0.5) is 11.4 Å². The smallest absolute Gasteiger partial charge is 0.141 e. The molecule has 0 bridgehead atoms. The van der Waals surface area contributed by atoms with Crippen molar-refractivity contribution in [1.29, 1.82) is 5.26 Å². The van der Waals surface area contributed by atoms with Crippen LogP contribution in [0, 0.1) is 11.3 Å². The van der Waals surface area contributed by atoms with Crippen molar-refractivity contribution in [2.75, 3.05) is 38.6 Å². The van der Waals surface area contributed by atoms with Crippen molar-refractivity contribution in [3.05, 3.63) is 69.1 Å². The van der Waals surface area contributed by atoms with Crippen molar-refractivity contribution in [3.8, 4) is 22.3 Å². The number of pyridine rings is 1. The molecule has 0 radical (unpaired) electrons. The van der Waals surface area contributed by atoms with Gasteiger partial charge in [-0.05, 0) is 68.6 Å². The first-order chi connectivity index (χ1) is 19.5. The number of hydrogen-bond acceptors (Lipinski definition) is 7. The number of rotatable bonds is 7. The van der Waals surface area contributed by atoms with Crippen molar-refractivity contribution in [2.24, 2.45) is 0 Å². The number of likely N-dealkylation sites (tertiary alicyclic amines) is 2. The van der Waals surface area contributed by atoms with Crippen LogP contribution >= 0.6 is 34.5 Å². The second-order valence-electron chi connectivity index (χ2n) is 10.5. The van der Waals surface area contributed by atoms with E-state index >= 15 is 0 Å². The number of nitrogens with zero attached hydrogens (tertiary/aromatic N) is 4. The molecule has 4 aromatic rings. The Hall–Kier alpha value is -2.86. The third-order valence-electron chi connectivity index (χ3n) is 8.01. The van der Waals surface area contributed by atoms with E-state index in [1.807, 2.05) is 17.4 Å². The van der Waals surface area contributed by atoms with Gasteiger partial charge in [-0.25, -0.2) is 0 Å². The number of methoxy groups -OCH3 is 1. The summed E-state index contributed by atoms with van der Waals surface area (Å²) in [7, 11) is 1.54. The molecule has 2 saturated heterocycles. The molecule has 2 aliphatic rings. The Balaban J connectivity index is 1.20. The maximum absolute atomic E-state index is 9.79. The van der Waals surface area contributed by atoms with Gasteiger partial charge in [-0.3, -0.25) is 9.88 Å². The molecule has 4 heterocycles. The maximum Gasteiger partial charge on any atom is 0.141 e. The summed E-state index contributed by atoms with van der Waals surface area (Å²) in [6.45, 7) is 5.94. The summed E-state index contributed by atoms with van der Waals surface area (Å²) in [6, 6.07) is 17.2. The van der Waals surface area contributed by atoms with E-state index < -0.39 is 0 Å². The molecule has 0 amide bonds. The normalized spacial score (nSPS) is 16.9. The molecule has 40 heavy (non-hydrogen) atoms. The molecule has 2 fully saturated rings. The van der Waals surface area contributed by atoms with Crippen LogP contribution in [0.25, 0.3) is 21.3 Å². The second kappa shape index (κ2) is 11.9. The zero-order valence-corrected chi connectivity index (χ0v) is 24.7. The third-order valence-corrected chi connectivity index (χ3v) is 9.92. The Morgan fingerprint density at radius 1 is 1.07 bits per heavy atom. The molecule has 2 aromatic heterocycles. The quantitative estimate of drug-likeness (QED) is 0.235. The Morgan fingerprint density at radius 2 is 1.88 bits per heavy atom. The fraction of sp³-hybridized carbons (Fsp3) is 0.355. The van der Waals surface area contributed by atoms with E-state index in [0.717, 1.165) is 29.1 Å².